The van der Waals surface area contributed by atoms with E-state index in [0.717, 1.165) is 42.2 Å². The van der Waals surface area contributed by atoms with E-state index in [0.29, 0.717) is 0 Å². The van der Waals surface area contributed by atoms with Gasteiger partial charge in [-0.2, -0.15) is 0 Å². The molecule has 0 amide bonds. The van der Waals surface area contributed by atoms with Crippen LogP contribution in [-0.2, 0) is 0 Å². The topological polar surface area (TPSA) is 50.9 Å². The standard InChI is InChI=1S/C10H17N4/c1-14(6-4-12-5-7-14)10-3-2-9(11)8-13-10/h2-3,8,12H,4-7,11H2,1H3/q+1. The first kappa shape index (κ1) is 9.43. The van der Waals surface area contributed by atoms with Gasteiger partial charge in [-0.15, -0.1) is 0 Å². The van der Waals surface area contributed by atoms with Gasteiger partial charge < -0.3 is 11.1 Å². The van der Waals surface area contributed by atoms with E-state index in [4.69, 9.17) is 5.73 Å². The Hall–Kier alpha value is -1.13. The maximum absolute atomic E-state index is 5.62. The highest BCUT2D eigenvalue weighted by atomic mass is 15.4. The molecule has 0 aliphatic carbocycles. The minimum Gasteiger partial charge on any atom is -0.397 e. The van der Waals surface area contributed by atoms with Crippen molar-refractivity contribution >= 4 is 11.5 Å². The Bertz CT molecular complexity index is 300. The van der Waals surface area contributed by atoms with Crippen molar-refractivity contribution in [1.82, 2.24) is 14.8 Å². The summed E-state index contributed by atoms with van der Waals surface area (Å²) >= 11 is 0. The molecule has 0 unspecified atom stereocenters. The number of pyridine rings is 1. The van der Waals surface area contributed by atoms with Gasteiger partial charge in [0.15, 0.2) is 0 Å². The summed E-state index contributed by atoms with van der Waals surface area (Å²) in [5, 5.41) is 3.35. The van der Waals surface area contributed by atoms with Gasteiger partial charge in [-0.05, 0) is 6.07 Å². The zero-order chi connectivity index (χ0) is 10.0. The fraction of sp³-hybridized carbons (Fsp3) is 0.500. The van der Waals surface area contributed by atoms with Gasteiger partial charge in [0.05, 0.1) is 32.0 Å². The molecule has 1 saturated heterocycles. The van der Waals surface area contributed by atoms with Crippen LogP contribution in [0.5, 0.6) is 0 Å². The lowest BCUT2D eigenvalue weighted by atomic mass is 10.2. The van der Waals surface area contributed by atoms with Gasteiger partial charge in [-0.25, -0.2) is 4.98 Å². The predicted octanol–water partition coefficient (Wildman–Crippen LogP) is 0.204. The molecule has 2 rings (SSSR count). The molecule has 4 heteroatoms. The summed E-state index contributed by atoms with van der Waals surface area (Å²) in [6.45, 7) is 4.30. The van der Waals surface area contributed by atoms with Crippen LogP contribution in [0, 0.1) is 0 Å². The second-order valence-corrected chi connectivity index (χ2v) is 4.04. The zero-order valence-electron chi connectivity index (χ0n) is 8.53. The predicted molar refractivity (Wildman–Crippen MR) is 59.0 cm³/mol. The number of nitrogen functional groups attached to an aromatic ring is 1. The molecule has 0 aromatic carbocycles. The summed E-state index contributed by atoms with van der Waals surface area (Å²) in [6.07, 6.45) is 1.74. The molecule has 3 N–H and O–H groups in total. The summed E-state index contributed by atoms with van der Waals surface area (Å²) < 4.78 is 0.910. The van der Waals surface area contributed by atoms with Gasteiger partial charge in [-0.1, -0.05) is 0 Å². The number of hydrogen-bond donors (Lipinski definition) is 2. The van der Waals surface area contributed by atoms with Crippen LogP contribution in [0.2, 0.25) is 0 Å². The third-order valence-electron chi connectivity index (χ3n) is 2.89. The number of likely N-dealkylation sites (N-methyl/N-ethyl adjacent to an activating group) is 1. The molecule has 0 spiro atoms. The second kappa shape index (κ2) is 3.55. The van der Waals surface area contributed by atoms with E-state index in [9.17, 15) is 0 Å². The van der Waals surface area contributed by atoms with Gasteiger partial charge in [0.25, 0.3) is 0 Å². The summed E-state index contributed by atoms with van der Waals surface area (Å²) in [5.74, 6) is 1.11. The van der Waals surface area contributed by atoms with Crippen molar-refractivity contribution < 1.29 is 0 Å². The fourth-order valence-corrected chi connectivity index (χ4v) is 1.83. The number of nitrogens with one attached hydrogen (secondary N) is 1. The van der Waals surface area contributed by atoms with Crippen LogP contribution in [0.25, 0.3) is 0 Å². The maximum Gasteiger partial charge on any atom is 0.227 e. The van der Waals surface area contributed by atoms with E-state index in [1.165, 1.54) is 0 Å². The maximum atomic E-state index is 5.62. The Morgan fingerprint density at radius 3 is 2.64 bits per heavy atom. The first-order valence-corrected chi connectivity index (χ1v) is 4.98. The number of hydrogen-bond acceptors (Lipinski definition) is 3. The molecule has 2 heterocycles. The summed E-state index contributed by atoms with van der Waals surface area (Å²) in [6, 6.07) is 3.95. The molecule has 4 nitrogen and oxygen atoms in total. The van der Waals surface area contributed by atoms with Gasteiger partial charge in [0.2, 0.25) is 5.82 Å². The molecule has 0 radical (unpaired) electrons. The van der Waals surface area contributed by atoms with Gasteiger partial charge in [0.1, 0.15) is 0 Å². The van der Waals surface area contributed by atoms with Gasteiger partial charge in [-0.3, -0.25) is 4.48 Å². The van der Waals surface area contributed by atoms with Gasteiger partial charge in [0, 0.05) is 19.2 Å². The lowest BCUT2D eigenvalue weighted by molar-refractivity contribution is 0.282. The third-order valence-corrected chi connectivity index (χ3v) is 2.89. The van der Waals surface area contributed by atoms with Crippen molar-refractivity contribution in [3.05, 3.63) is 18.3 Å². The van der Waals surface area contributed by atoms with Crippen molar-refractivity contribution in [2.45, 2.75) is 0 Å². The van der Waals surface area contributed by atoms with Crippen molar-refractivity contribution in [2.24, 2.45) is 0 Å². The van der Waals surface area contributed by atoms with E-state index in [1.54, 1.807) is 6.20 Å². The number of piperazine rings is 1. The molecular weight excluding hydrogens is 176 g/mol. The Morgan fingerprint density at radius 2 is 2.07 bits per heavy atom. The minimum atomic E-state index is 0.732. The molecule has 1 aliphatic rings. The fourth-order valence-electron chi connectivity index (χ4n) is 1.83. The SMILES string of the molecule is C[N+]1(c2ccc(N)cn2)CCNCC1. The molecule has 14 heavy (non-hydrogen) atoms. The third kappa shape index (κ3) is 1.71. The molecule has 1 aromatic rings. The molecule has 76 valence electrons. The van der Waals surface area contributed by atoms with Crippen molar-refractivity contribution in [3.8, 4) is 0 Å². The highest BCUT2D eigenvalue weighted by Gasteiger charge is 2.28. The lowest BCUT2D eigenvalue weighted by Gasteiger charge is -2.36. The number of nitrogens with zero attached hydrogens (tertiary/aromatic N) is 2. The minimum absolute atomic E-state index is 0.732. The van der Waals surface area contributed by atoms with Crippen LogP contribution in [-0.4, -0.2) is 38.2 Å². The molecule has 1 fully saturated rings. The molecule has 0 bridgehead atoms. The number of rotatable bonds is 1. The quantitative estimate of drug-likeness (QED) is 0.627. The van der Waals surface area contributed by atoms with E-state index in [-0.39, 0.29) is 0 Å². The van der Waals surface area contributed by atoms with Crippen LogP contribution in [0.3, 0.4) is 0 Å². The second-order valence-electron chi connectivity index (χ2n) is 4.04. The summed E-state index contributed by atoms with van der Waals surface area (Å²) in [5.41, 5.74) is 6.35. The summed E-state index contributed by atoms with van der Waals surface area (Å²) in [7, 11) is 2.22. The van der Waals surface area contributed by atoms with Crippen LogP contribution in [0.15, 0.2) is 18.3 Å². The Kier molecular flexibility index (Phi) is 2.39. The molecule has 0 atom stereocenters. The molecule has 0 saturated carbocycles. The first-order chi connectivity index (χ1) is 6.71. The Balaban J connectivity index is 2.23. The number of nitrogens with two attached hydrogens (primary N) is 1. The number of aromatic nitrogens is 1. The Morgan fingerprint density at radius 1 is 1.36 bits per heavy atom. The highest BCUT2D eigenvalue weighted by molar-refractivity contribution is 5.43. The largest absolute Gasteiger partial charge is 0.397 e. The van der Waals surface area contributed by atoms with E-state index < -0.39 is 0 Å². The smallest absolute Gasteiger partial charge is 0.227 e. The van der Waals surface area contributed by atoms with Crippen LogP contribution in [0.4, 0.5) is 11.5 Å². The Labute approximate surface area is 84.3 Å². The first-order valence-electron chi connectivity index (χ1n) is 4.98. The van der Waals surface area contributed by atoms with E-state index in [2.05, 4.69) is 17.3 Å². The highest BCUT2D eigenvalue weighted by Crippen LogP contribution is 2.19. The number of quaternary nitrogens is 1. The average Bonchev–Trinajstić information content (AvgIpc) is 2.19. The molecular formula is C10H17N4+. The number of anilines is 1. The van der Waals surface area contributed by atoms with Crippen LogP contribution in [0.1, 0.15) is 0 Å². The average molecular weight is 193 g/mol. The zero-order valence-corrected chi connectivity index (χ0v) is 8.53. The monoisotopic (exact) mass is 193 g/mol. The van der Waals surface area contributed by atoms with Crippen LogP contribution >= 0.6 is 0 Å². The van der Waals surface area contributed by atoms with Crippen molar-refractivity contribution in [3.63, 3.8) is 0 Å². The molecule has 1 aliphatic heterocycles. The van der Waals surface area contributed by atoms with E-state index >= 15 is 0 Å². The van der Waals surface area contributed by atoms with Crippen molar-refractivity contribution in [2.75, 3.05) is 39.0 Å². The summed E-state index contributed by atoms with van der Waals surface area (Å²) in [4.78, 5) is 4.39. The van der Waals surface area contributed by atoms with Gasteiger partial charge >= 0.3 is 0 Å². The lowest BCUT2D eigenvalue weighted by Crippen LogP contribution is -2.57. The normalized spacial score (nSPS) is 20.6. The van der Waals surface area contributed by atoms with Crippen molar-refractivity contribution in [1.29, 1.82) is 0 Å². The van der Waals surface area contributed by atoms with Crippen LogP contribution < -0.4 is 15.5 Å². The van der Waals surface area contributed by atoms with E-state index in [1.807, 2.05) is 12.1 Å². The molecule has 1 aromatic heterocycles.